The Labute approximate surface area is 126 Å². The van der Waals surface area contributed by atoms with E-state index >= 15 is 0 Å². The molecule has 6 heteroatoms. The van der Waals surface area contributed by atoms with Crippen LogP contribution in [0.15, 0.2) is 12.1 Å². The highest BCUT2D eigenvalue weighted by Gasteiger charge is 2.41. The molecule has 2 unspecified atom stereocenters. The minimum atomic E-state index is -0.467. The average Bonchev–Trinajstić information content (AvgIpc) is 2.92. The molecular weight excluding hydrogens is 302 g/mol. The molecule has 20 heavy (non-hydrogen) atoms. The number of halogens is 3. The van der Waals surface area contributed by atoms with Crippen LogP contribution in [0.4, 0.5) is 4.39 Å². The largest absolute Gasteiger partial charge is 0.376 e. The van der Waals surface area contributed by atoms with Gasteiger partial charge in [0.1, 0.15) is 11.6 Å². The standard InChI is InChI=1S/C14H15Cl2FN2O/c1-8-14(2,3-4-20-8)19-12-5-9(16)10(17)6-11(12)18-13(19)7-15/h5-6,8H,3-4,7H2,1-2H3. The van der Waals surface area contributed by atoms with Gasteiger partial charge in [0.25, 0.3) is 0 Å². The molecule has 2 aromatic rings. The van der Waals surface area contributed by atoms with E-state index in [-0.39, 0.29) is 22.5 Å². The number of hydrogen-bond donors (Lipinski definition) is 0. The van der Waals surface area contributed by atoms with Crippen molar-refractivity contribution < 1.29 is 9.13 Å². The molecule has 1 fully saturated rings. The Morgan fingerprint density at radius 3 is 2.90 bits per heavy atom. The zero-order valence-electron chi connectivity index (χ0n) is 11.3. The van der Waals surface area contributed by atoms with Gasteiger partial charge in [-0.25, -0.2) is 9.37 Å². The maximum atomic E-state index is 13.6. The van der Waals surface area contributed by atoms with Crippen molar-refractivity contribution >= 4 is 34.2 Å². The molecule has 2 atom stereocenters. The Morgan fingerprint density at radius 1 is 1.55 bits per heavy atom. The van der Waals surface area contributed by atoms with Crippen LogP contribution in [-0.2, 0) is 16.2 Å². The van der Waals surface area contributed by atoms with Crippen molar-refractivity contribution in [3.63, 3.8) is 0 Å². The summed E-state index contributed by atoms with van der Waals surface area (Å²) in [6.45, 7) is 4.83. The normalized spacial score (nSPS) is 26.6. The van der Waals surface area contributed by atoms with Gasteiger partial charge in [-0.1, -0.05) is 11.6 Å². The molecule has 2 heterocycles. The number of benzene rings is 1. The Kier molecular flexibility index (Phi) is 3.43. The van der Waals surface area contributed by atoms with Crippen LogP contribution in [-0.4, -0.2) is 22.3 Å². The lowest BCUT2D eigenvalue weighted by molar-refractivity contribution is 0.0766. The summed E-state index contributed by atoms with van der Waals surface area (Å²) in [7, 11) is 0. The number of ether oxygens (including phenoxy) is 1. The van der Waals surface area contributed by atoms with Crippen molar-refractivity contribution in [3.8, 4) is 0 Å². The van der Waals surface area contributed by atoms with Gasteiger partial charge in [-0.2, -0.15) is 0 Å². The van der Waals surface area contributed by atoms with E-state index in [4.69, 9.17) is 27.9 Å². The molecule has 3 rings (SSSR count). The first-order valence-electron chi connectivity index (χ1n) is 6.52. The van der Waals surface area contributed by atoms with E-state index in [2.05, 4.69) is 16.5 Å². The van der Waals surface area contributed by atoms with Crippen LogP contribution in [0.25, 0.3) is 11.0 Å². The number of rotatable bonds is 2. The second kappa shape index (κ2) is 4.86. The molecule has 1 aliphatic heterocycles. The molecule has 0 amide bonds. The van der Waals surface area contributed by atoms with Crippen LogP contribution < -0.4 is 0 Å². The van der Waals surface area contributed by atoms with Crippen LogP contribution in [0.5, 0.6) is 0 Å². The zero-order valence-corrected chi connectivity index (χ0v) is 12.8. The lowest BCUT2D eigenvalue weighted by Crippen LogP contribution is -2.37. The molecule has 108 valence electrons. The number of alkyl halides is 1. The third kappa shape index (κ3) is 1.93. The first kappa shape index (κ1) is 14.1. The van der Waals surface area contributed by atoms with E-state index in [1.165, 1.54) is 6.07 Å². The highest BCUT2D eigenvalue weighted by atomic mass is 35.5. The summed E-state index contributed by atoms with van der Waals surface area (Å²) in [5.41, 5.74) is 1.12. The number of hydrogen-bond acceptors (Lipinski definition) is 2. The Balaban J connectivity index is 2.30. The number of imidazole rings is 1. The molecule has 0 spiro atoms. The van der Waals surface area contributed by atoms with Gasteiger partial charge >= 0.3 is 0 Å². The van der Waals surface area contributed by atoms with Crippen molar-refractivity contribution in [2.24, 2.45) is 0 Å². The quantitative estimate of drug-likeness (QED) is 0.780. The first-order chi connectivity index (χ1) is 9.47. The summed E-state index contributed by atoms with van der Waals surface area (Å²) in [6, 6.07) is 2.97. The van der Waals surface area contributed by atoms with Crippen molar-refractivity contribution in [2.75, 3.05) is 6.61 Å². The molecule has 1 saturated heterocycles. The van der Waals surface area contributed by atoms with Gasteiger partial charge in [-0.3, -0.25) is 0 Å². The fraction of sp³-hybridized carbons (Fsp3) is 0.500. The molecule has 0 bridgehead atoms. The number of aromatic nitrogens is 2. The van der Waals surface area contributed by atoms with Crippen LogP contribution in [0.2, 0.25) is 5.02 Å². The molecule has 0 saturated carbocycles. The zero-order chi connectivity index (χ0) is 14.5. The summed E-state index contributed by atoms with van der Waals surface area (Å²) >= 11 is 11.9. The maximum absolute atomic E-state index is 13.6. The molecule has 1 aromatic heterocycles. The summed E-state index contributed by atoms with van der Waals surface area (Å²) in [5.74, 6) is 0.505. The van der Waals surface area contributed by atoms with E-state index in [0.29, 0.717) is 17.9 Å². The van der Waals surface area contributed by atoms with Crippen LogP contribution >= 0.6 is 23.2 Å². The van der Waals surface area contributed by atoms with Crippen molar-refractivity contribution in [2.45, 2.75) is 37.8 Å². The minimum Gasteiger partial charge on any atom is -0.376 e. The summed E-state index contributed by atoms with van der Waals surface area (Å²) in [6.07, 6.45) is 0.893. The SMILES string of the molecule is CC1OCCC1(C)n1c(CCl)nc2cc(F)c(Cl)cc21. The van der Waals surface area contributed by atoms with Gasteiger partial charge in [-0.05, 0) is 26.3 Å². The maximum Gasteiger partial charge on any atom is 0.144 e. The van der Waals surface area contributed by atoms with E-state index in [1.807, 2.05) is 6.92 Å². The summed E-state index contributed by atoms with van der Waals surface area (Å²) in [5, 5.41) is 0.0925. The van der Waals surface area contributed by atoms with Crippen molar-refractivity contribution in [1.82, 2.24) is 9.55 Å². The second-order valence-corrected chi connectivity index (χ2v) is 6.05. The third-order valence-corrected chi connectivity index (χ3v) is 4.78. The summed E-state index contributed by atoms with van der Waals surface area (Å²) < 4.78 is 21.4. The van der Waals surface area contributed by atoms with Gasteiger partial charge in [0, 0.05) is 12.7 Å². The molecule has 0 radical (unpaired) electrons. The fourth-order valence-electron chi connectivity index (χ4n) is 2.90. The van der Waals surface area contributed by atoms with E-state index in [1.54, 1.807) is 6.07 Å². The van der Waals surface area contributed by atoms with Gasteiger partial charge in [0.2, 0.25) is 0 Å². The topological polar surface area (TPSA) is 27.1 Å². The Bertz CT molecular complexity index is 673. The second-order valence-electron chi connectivity index (χ2n) is 5.37. The smallest absolute Gasteiger partial charge is 0.144 e. The van der Waals surface area contributed by atoms with E-state index in [9.17, 15) is 4.39 Å². The molecular formula is C14H15Cl2FN2O. The molecule has 1 aromatic carbocycles. The van der Waals surface area contributed by atoms with Gasteiger partial charge < -0.3 is 9.30 Å². The predicted molar refractivity (Wildman–Crippen MR) is 77.9 cm³/mol. The Morgan fingerprint density at radius 2 is 2.30 bits per heavy atom. The Hall–Kier alpha value is -0.840. The van der Waals surface area contributed by atoms with Crippen LogP contribution in [0.1, 0.15) is 26.1 Å². The van der Waals surface area contributed by atoms with Crippen molar-refractivity contribution in [3.05, 3.63) is 28.8 Å². The van der Waals surface area contributed by atoms with Gasteiger partial charge in [-0.15, -0.1) is 11.6 Å². The monoisotopic (exact) mass is 316 g/mol. The lowest BCUT2D eigenvalue weighted by atomic mass is 9.93. The van der Waals surface area contributed by atoms with E-state index in [0.717, 1.165) is 11.9 Å². The highest BCUT2D eigenvalue weighted by molar-refractivity contribution is 6.31. The molecule has 3 nitrogen and oxygen atoms in total. The minimum absolute atomic E-state index is 0.0331. The predicted octanol–water partition coefficient (Wildman–Crippen LogP) is 4.09. The van der Waals surface area contributed by atoms with Crippen molar-refractivity contribution in [1.29, 1.82) is 0 Å². The molecule has 1 aliphatic rings. The number of nitrogens with zero attached hydrogens (tertiary/aromatic N) is 2. The fourth-order valence-corrected chi connectivity index (χ4v) is 3.24. The van der Waals surface area contributed by atoms with Gasteiger partial charge in [0.15, 0.2) is 0 Å². The lowest BCUT2D eigenvalue weighted by Gasteiger charge is -2.31. The molecule has 0 aliphatic carbocycles. The molecule has 0 N–H and O–H groups in total. The van der Waals surface area contributed by atoms with E-state index < -0.39 is 5.82 Å². The van der Waals surface area contributed by atoms with Crippen LogP contribution in [0, 0.1) is 5.82 Å². The third-order valence-electron chi connectivity index (χ3n) is 4.25. The highest BCUT2D eigenvalue weighted by Crippen LogP contribution is 2.38. The number of fused-ring (bicyclic) bond motifs is 1. The summed E-state index contributed by atoms with van der Waals surface area (Å²) in [4.78, 5) is 4.43. The van der Waals surface area contributed by atoms with Crippen LogP contribution in [0.3, 0.4) is 0 Å². The average molecular weight is 317 g/mol. The van der Waals surface area contributed by atoms with Gasteiger partial charge in [0.05, 0.1) is 33.6 Å². The first-order valence-corrected chi connectivity index (χ1v) is 7.43.